The predicted octanol–water partition coefficient (Wildman–Crippen LogP) is 3.41. The highest BCUT2D eigenvalue weighted by molar-refractivity contribution is 5.42. The normalized spacial score (nSPS) is 9.63. The van der Waals surface area contributed by atoms with E-state index < -0.39 is 0 Å². The third-order valence-corrected chi connectivity index (χ3v) is 2.57. The average Bonchev–Trinajstić information content (AvgIpc) is 2.48. The Labute approximate surface area is 113 Å². The van der Waals surface area contributed by atoms with Gasteiger partial charge in [-0.3, -0.25) is 0 Å². The summed E-state index contributed by atoms with van der Waals surface area (Å²) in [5, 5.41) is 8.92. The van der Waals surface area contributed by atoms with Gasteiger partial charge in [-0.25, -0.2) is 0 Å². The van der Waals surface area contributed by atoms with Crippen molar-refractivity contribution in [3.8, 4) is 17.6 Å². The number of para-hydroxylation sites is 2. The maximum Gasteiger partial charge on any atom is 0.137 e. The smallest absolute Gasteiger partial charge is 0.137 e. The number of nitrogens with zero attached hydrogens (tertiary/aromatic N) is 1. The molecule has 0 aliphatic rings. The number of ether oxygens (including phenoxy) is 2. The van der Waals surface area contributed by atoms with Crippen LogP contribution in [0.1, 0.15) is 12.0 Å². The number of hydrogen-bond acceptors (Lipinski definition) is 3. The van der Waals surface area contributed by atoms with E-state index in [2.05, 4.69) is 6.07 Å². The second-order valence-electron chi connectivity index (χ2n) is 3.97. The Kier molecular flexibility index (Phi) is 4.83. The molecule has 3 heteroatoms. The summed E-state index contributed by atoms with van der Waals surface area (Å²) in [6, 6.07) is 19.0. The lowest BCUT2D eigenvalue weighted by Gasteiger charge is -2.08. The minimum absolute atomic E-state index is 0.533. The zero-order chi connectivity index (χ0) is 13.3. The summed E-state index contributed by atoms with van der Waals surface area (Å²) < 4.78 is 11.1. The van der Waals surface area contributed by atoms with Gasteiger partial charge in [0, 0.05) is 6.42 Å². The molecule has 0 unspecified atom stereocenters. The van der Waals surface area contributed by atoms with Crippen molar-refractivity contribution in [2.45, 2.75) is 6.42 Å². The van der Waals surface area contributed by atoms with Crippen molar-refractivity contribution in [2.24, 2.45) is 0 Å². The Bertz CT molecular complexity index is 546. The molecule has 0 saturated carbocycles. The van der Waals surface area contributed by atoms with Crippen molar-refractivity contribution in [3.05, 3.63) is 60.2 Å². The van der Waals surface area contributed by atoms with Gasteiger partial charge in [0.1, 0.15) is 17.6 Å². The van der Waals surface area contributed by atoms with Gasteiger partial charge in [0.05, 0.1) is 18.8 Å². The van der Waals surface area contributed by atoms with Crippen molar-refractivity contribution < 1.29 is 9.47 Å². The van der Waals surface area contributed by atoms with E-state index in [4.69, 9.17) is 14.7 Å². The third-order valence-electron chi connectivity index (χ3n) is 2.57. The summed E-state index contributed by atoms with van der Waals surface area (Å²) in [6.07, 6.45) is 0.772. The first-order valence-electron chi connectivity index (χ1n) is 6.20. The van der Waals surface area contributed by atoms with Crippen LogP contribution in [0, 0.1) is 11.3 Å². The fourth-order valence-corrected chi connectivity index (χ4v) is 1.63. The van der Waals surface area contributed by atoms with E-state index in [-0.39, 0.29) is 0 Å². The van der Waals surface area contributed by atoms with Crippen molar-refractivity contribution in [1.82, 2.24) is 0 Å². The predicted molar refractivity (Wildman–Crippen MR) is 73.2 cm³/mol. The third kappa shape index (κ3) is 4.04. The average molecular weight is 253 g/mol. The Balaban J connectivity index is 1.71. The number of nitriles is 1. The molecule has 0 radical (unpaired) electrons. The molecular weight excluding hydrogens is 238 g/mol. The van der Waals surface area contributed by atoms with E-state index in [0.717, 1.165) is 12.2 Å². The van der Waals surface area contributed by atoms with E-state index in [1.165, 1.54) is 0 Å². The van der Waals surface area contributed by atoms with Crippen LogP contribution in [0.2, 0.25) is 0 Å². The molecule has 3 nitrogen and oxygen atoms in total. The van der Waals surface area contributed by atoms with Gasteiger partial charge >= 0.3 is 0 Å². The van der Waals surface area contributed by atoms with Crippen LogP contribution in [-0.2, 0) is 0 Å². The molecule has 0 aliphatic carbocycles. The quantitative estimate of drug-likeness (QED) is 0.741. The van der Waals surface area contributed by atoms with Crippen LogP contribution < -0.4 is 9.47 Å². The van der Waals surface area contributed by atoms with Crippen LogP contribution >= 0.6 is 0 Å². The van der Waals surface area contributed by atoms with Gasteiger partial charge < -0.3 is 9.47 Å². The van der Waals surface area contributed by atoms with Crippen molar-refractivity contribution in [2.75, 3.05) is 13.2 Å². The zero-order valence-corrected chi connectivity index (χ0v) is 10.6. The Morgan fingerprint density at radius 1 is 0.842 bits per heavy atom. The highest BCUT2D eigenvalue weighted by Crippen LogP contribution is 2.16. The molecular formula is C16H15NO2. The van der Waals surface area contributed by atoms with E-state index in [9.17, 15) is 0 Å². The van der Waals surface area contributed by atoms with Crippen molar-refractivity contribution in [1.29, 1.82) is 5.26 Å². The SMILES string of the molecule is N#Cc1ccccc1OCCCOc1ccccc1. The van der Waals surface area contributed by atoms with Gasteiger partial charge in [0.15, 0.2) is 0 Å². The highest BCUT2D eigenvalue weighted by Gasteiger charge is 2.01. The first kappa shape index (κ1) is 13.0. The number of benzene rings is 2. The second kappa shape index (κ2) is 7.07. The van der Waals surface area contributed by atoms with Gasteiger partial charge in [-0.05, 0) is 24.3 Å². The van der Waals surface area contributed by atoms with Gasteiger partial charge in [-0.15, -0.1) is 0 Å². The second-order valence-corrected chi connectivity index (χ2v) is 3.97. The van der Waals surface area contributed by atoms with Gasteiger partial charge in [-0.2, -0.15) is 5.26 Å². The standard InChI is InChI=1S/C16H15NO2/c17-13-14-7-4-5-10-16(14)19-12-6-11-18-15-8-2-1-3-9-15/h1-5,7-10H,6,11-12H2. The van der Waals surface area contributed by atoms with E-state index in [0.29, 0.717) is 24.5 Å². The lowest BCUT2D eigenvalue weighted by atomic mass is 10.2. The van der Waals surface area contributed by atoms with Crippen molar-refractivity contribution in [3.63, 3.8) is 0 Å². The Morgan fingerprint density at radius 2 is 1.53 bits per heavy atom. The molecule has 0 spiro atoms. The molecule has 0 bridgehead atoms. The molecule has 0 N–H and O–H groups in total. The topological polar surface area (TPSA) is 42.2 Å². The van der Waals surface area contributed by atoms with Gasteiger partial charge in [0.2, 0.25) is 0 Å². The Morgan fingerprint density at radius 3 is 2.32 bits per heavy atom. The molecule has 0 amide bonds. The van der Waals surface area contributed by atoms with E-state index in [1.807, 2.05) is 42.5 Å². The maximum atomic E-state index is 8.92. The highest BCUT2D eigenvalue weighted by atomic mass is 16.5. The summed E-state index contributed by atoms with van der Waals surface area (Å²) in [5.74, 6) is 1.49. The molecule has 0 fully saturated rings. The van der Waals surface area contributed by atoms with Crippen LogP contribution in [-0.4, -0.2) is 13.2 Å². The van der Waals surface area contributed by atoms with Crippen LogP contribution in [0.3, 0.4) is 0 Å². The lowest BCUT2D eigenvalue weighted by Crippen LogP contribution is -2.05. The van der Waals surface area contributed by atoms with Crippen LogP contribution in [0.5, 0.6) is 11.5 Å². The molecule has 0 saturated heterocycles. The first-order chi connectivity index (χ1) is 9.40. The maximum absolute atomic E-state index is 8.92. The monoisotopic (exact) mass is 253 g/mol. The molecule has 96 valence electrons. The number of rotatable bonds is 6. The summed E-state index contributed by atoms with van der Waals surface area (Å²) in [7, 11) is 0. The molecule has 2 rings (SSSR count). The number of hydrogen-bond donors (Lipinski definition) is 0. The van der Waals surface area contributed by atoms with Crippen LogP contribution in [0.15, 0.2) is 54.6 Å². The fraction of sp³-hybridized carbons (Fsp3) is 0.188. The fourth-order valence-electron chi connectivity index (χ4n) is 1.63. The van der Waals surface area contributed by atoms with Crippen LogP contribution in [0.4, 0.5) is 0 Å². The lowest BCUT2D eigenvalue weighted by molar-refractivity contribution is 0.247. The van der Waals surface area contributed by atoms with E-state index in [1.54, 1.807) is 12.1 Å². The summed E-state index contributed by atoms with van der Waals surface area (Å²) in [6.45, 7) is 1.13. The zero-order valence-electron chi connectivity index (χ0n) is 10.6. The molecule has 0 heterocycles. The first-order valence-corrected chi connectivity index (χ1v) is 6.20. The molecule has 0 aromatic heterocycles. The van der Waals surface area contributed by atoms with Gasteiger partial charge in [-0.1, -0.05) is 30.3 Å². The summed E-state index contributed by atoms with van der Waals surface area (Å²) in [4.78, 5) is 0. The van der Waals surface area contributed by atoms with Gasteiger partial charge in [0.25, 0.3) is 0 Å². The Hall–Kier alpha value is -2.47. The summed E-state index contributed by atoms with van der Waals surface area (Å²) >= 11 is 0. The molecule has 2 aromatic carbocycles. The summed E-state index contributed by atoms with van der Waals surface area (Å²) in [5.41, 5.74) is 0.562. The minimum atomic E-state index is 0.533. The molecule has 0 aliphatic heterocycles. The van der Waals surface area contributed by atoms with E-state index >= 15 is 0 Å². The minimum Gasteiger partial charge on any atom is -0.493 e. The van der Waals surface area contributed by atoms with Crippen LogP contribution in [0.25, 0.3) is 0 Å². The largest absolute Gasteiger partial charge is 0.493 e. The van der Waals surface area contributed by atoms with Crippen molar-refractivity contribution >= 4 is 0 Å². The molecule has 19 heavy (non-hydrogen) atoms. The molecule has 0 atom stereocenters. The molecule has 2 aromatic rings.